The van der Waals surface area contributed by atoms with Crippen molar-refractivity contribution < 1.29 is 4.79 Å². The summed E-state index contributed by atoms with van der Waals surface area (Å²) in [5, 5.41) is 1.04. The van der Waals surface area contributed by atoms with E-state index in [1.165, 1.54) is 0 Å². The van der Waals surface area contributed by atoms with Crippen molar-refractivity contribution in [2.75, 3.05) is 0 Å². The largest absolute Gasteiger partial charge is 0.352 e. The summed E-state index contributed by atoms with van der Waals surface area (Å²) in [5.41, 5.74) is 8.12. The maximum absolute atomic E-state index is 10.5. The van der Waals surface area contributed by atoms with Crippen LogP contribution in [0.1, 0.15) is 16.1 Å². The average Bonchev–Trinajstić information content (AvgIpc) is 2.58. The van der Waals surface area contributed by atoms with E-state index in [1.807, 2.05) is 24.3 Å². The molecular formula is C10H10N2O. The third-order valence-electron chi connectivity index (χ3n) is 2.07. The number of hydrogen-bond donors (Lipinski definition) is 2. The van der Waals surface area contributed by atoms with Crippen LogP contribution in [0.5, 0.6) is 0 Å². The van der Waals surface area contributed by atoms with Crippen LogP contribution in [0.3, 0.4) is 0 Å². The monoisotopic (exact) mass is 174 g/mol. The molecule has 3 N–H and O–H groups in total. The Labute approximate surface area is 75.6 Å². The number of aldehydes is 1. The first-order valence-corrected chi connectivity index (χ1v) is 4.10. The number of nitrogens with one attached hydrogen (secondary N) is 1. The van der Waals surface area contributed by atoms with Gasteiger partial charge in [0.1, 0.15) is 0 Å². The number of fused-ring (bicyclic) bond motifs is 1. The Morgan fingerprint density at radius 2 is 2.23 bits per heavy atom. The molecule has 0 unspecified atom stereocenters. The summed E-state index contributed by atoms with van der Waals surface area (Å²) in [4.78, 5) is 13.5. The van der Waals surface area contributed by atoms with Crippen LogP contribution in [-0.2, 0) is 6.54 Å². The van der Waals surface area contributed by atoms with Crippen molar-refractivity contribution >= 4 is 17.2 Å². The van der Waals surface area contributed by atoms with Gasteiger partial charge in [-0.25, -0.2) is 0 Å². The number of carbonyl (C=O) groups is 1. The number of carbonyl (C=O) groups excluding carboxylic acids is 1. The minimum atomic E-state index is 0.519. The topological polar surface area (TPSA) is 58.9 Å². The molecule has 66 valence electrons. The van der Waals surface area contributed by atoms with Gasteiger partial charge in [-0.15, -0.1) is 0 Å². The number of nitrogens with two attached hydrogens (primary N) is 1. The lowest BCUT2D eigenvalue weighted by Gasteiger charge is -1.95. The lowest BCUT2D eigenvalue weighted by Crippen LogP contribution is -1.94. The molecule has 0 bridgehead atoms. The highest BCUT2D eigenvalue weighted by atomic mass is 16.1. The van der Waals surface area contributed by atoms with Gasteiger partial charge in [0.05, 0.1) is 5.69 Å². The SMILES string of the molecule is NCc1ccc2cc(C=O)[nH]c2c1. The van der Waals surface area contributed by atoms with Gasteiger partial charge in [-0.2, -0.15) is 0 Å². The third kappa shape index (κ3) is 1.34. The van der Waals surface area contributed by atoms with Crippen molar-refractivity contribution in [1.82, 2.24) is 4.98 Å². The van der Waals surface area contributed by atoms with E-state index < -0.39 is 0 Å². The molecule has 0 fully saturated rings. The second-order valence-corrected chi connectivity index (χ2v) is 2.97. The van der Waals surface area contributed by atoms with Gasteiger partial charge in [-0.05, 0) is 17.7 Å². The van der Waals surface area contributed by atoms with Gasteiger partial charge < -0.3 is 10.7 Å². The quantitative estimate of drug-likeness (QED) is 0.677. The lowest BCUT2D eigenvalue weighted by molar-refractivity contribution is 0.112. The fourth-order valence-electron chi connectivity index (χ4n) is 1.39. The Hall–Kier alpha value is -1.61. The van der Waals surface area contributed by atoms with Crippen molar-refractivity contribution in [2.24, 2.45) is 5.73 Å². The van der Waals surface area contributed by atoms with Crippen LogP contribution < -0.4 is 5.73 Å². The Kier molecular flexibility index (Phi) is 1.87. The number of hydrogen-bond acceptors (Lipinski definition) is 2. The highest BCUT2D eigenvalue weighted by Crippen LogP contribution is 2.15. The molecular weight excluding hydrogens is 164 g/mol. The first kappa shape index (κ1) is 8.01. The number of rotatable bonds is 2. The maximum Gasteiger partial charge on any atom is 0.166 e. The smallest absolute Gasteiger partial charge is 0.166 e. The minimum Gasteiger partial charge on any atom is -0.352 e. The second kappa shape index (κ2) is 3.03. The van der Waals surface area contributed by atoms with Crippen LogP contribution in [0.25, 0.3) is 10.9 Å². The molecule has 1 heterocycles. The highest BCUT2D eigenvalue weighted by Gasteiger charge is 1.99. The molecule has 2 aromatic rings. The predicted molar refractivity (Wildman–Crippen MR) is 51.6 cm³/mol. The minimum absolute atomic E-state index is 0.519. The molecule has 0 spiro atoms. The molecule has 0 aliphatic rings. The van der Waals surface area contributed by atoms with Gasteiger partial charge in [0, 0.05) is 17.4 Å². The molecule has 0 atom stereocenters. The van der Waals surface area contributed by atoms with E-state index in [-0.39, 0.29) is 0 Å². The predicted octanol–water partition coefficient (Wildman–Crippen LogP) is 1.44. The zero-order chi connectivity index (χ0) is 9.26. The van der Waals surface area contributed by atoms with E-state index in [0.29, 0.717) is 12.2 Å². The van der Waals surface area contributed by atoms with Gasteiger partial charge in [0.2, 0.25) is 0 Å². The van der Waals surface area contributed by atoms with Crippen LogP contribution in [0, 0.1) is 0 Å². The molecule has 13 heavy (non-hydrogen) atoms. The lowest BCUT2D eigenvalue weighted by atomic mass is 10.2. The standard InChI is InChI=1S/C10H10N2O/c11-5-7-1-2-8-4-9(6-13)12-10(8)3-7/h1-4,6,12H,5,11H2. The third-order valence-corrected chi connectivity index (χ3v) is 2.07. The zero-order valence-electron chi connectivity index (χ0n) is 7.08. The van der Waals surface area contributed by atoms with E-state index in [2.05, 4.69) is 4.98 Å². The summed E-state index contributed by atoms with van der Waals surface area (Å²) < 4.78 is 0. The molecule has 3 heteroatoms. The molecule has 3 nitrogen and oxygen atoms in total. The summed E-state index contributed by atoms with van der Waals surface area (Å²) in [5.74, 6) is 0. The number of aromatic nitrogens is 1. The molecule has 0 amide bonds. The van der Waals surface area contributed by atoms with Crippen molar-refractivity contribution in [1.29, 1.82) is 0 Å². The number of benzene rings is 1. The molecule has 1 aromatic carbocycles. The number of aromatic amines is 1. The van der Waals surface area contributed by atoms with Gasteiger partial charge in [-0.3, -0.25) is 4.79 Å². The summed E-state index contributed by atoms with van der Waals surface area (Å²) in [6.07, 6.45) is 0.808. The van der Waals surface area contributed by atoms with Crippen molar-refractivity contribution in [3.8, 4) is 0 Å². The molecule has 0 radical (unpaired) electrons. The first-order chi connectivity index (χ1) is 6.33. The van der Waals surface area contributed by atoms with E-state index in [1.54, 1.807) is 0 Å². The summed E-state index contributed by atoms with van der Waals surface area (Å²) in [6.45, 7) is 0.519. The van der Waals surface area contributed by atoms with Crippen LogP contribution >= 0.6 is 0 Å². The van der Waals surface area contributed by atoms with Gasteiger partial charge in [0.25, 0.3) is 0 Å². The average molecular weight is 174 g/mol. The Morgan fingerprint density at radius 3 is 2.92 bits per heavy atom. The van der Waals surface area contributed by atoms with E-state index in [4.69, 9.17) is 5.73 Å². The maximum atomic E-state index is 10.5. The van der Waals surface area contributed by atoms with E-state index in [0.717, 1.165) is 22.8 Å². The van der Waals surface area contributed by atoms with Crippen molar-refractivity contribution in [2.45, 2.75) is 6.54 Å². The van der Waals surface area contributed by atoms with Crippen LogP contribution in [0.4, 0.5) is 0 Å². The summed E-state index contributed by atoms with van der Waals surface area (Å²) >= 11 is 0. The normalized spacial score (nSPS) is 10.5. The summed E-state index contributed by atoms with van der Waals surface area (Å²) in [7, 11) is 0. The molecule has 0 aliphatic carbocycles. The molecule has 0 saturated heterocycles. The van der Waals surface area contributed by atoms with Crippen LogP contribution in [-0.4, -0.2) is 11.3 Å². The van der Waals surface area contributed by atoms with Crippen LogP contribution in [0.15, 0.2) is 24.3 Å². The summed E-state index contributed by atoms with van der Waals surface area (Å²) in [6, 6.07) is 7.71. The Morgan fingerprint density at radius 1 is 1.38 bits per heavy atom. The highest BCUT2D eigenvalue weighted by molar-refractivity contribution is 5.88. The van der Waals surface area contributed by atoms with Crippen molar-refractivity contribution in [3.63, 3.8) is 0 Å². The van der Waals surface area contributed by atoms with Crippen LogP contribution in [0.2, 0.25) is 0 Å². The Bertz CT molecular complexity index is 445. The number of H-pyrrole nitrogens is 1. The first-order valence-electron chi connectivity index (χ1n) is 4.10. The second-order valence-electron chi connectivity index (χ2n) is 2.97. The van der Waals surface area contributed by atoms with Gasteiger partial charge >= 0.3 is 0 Å². The molecule has 0 aliphatic heterocycles. The zero-order valence-corrected chi connectivity index (χ0v) is 7.08. The fraction of sp³-hybridized carbons (Fsp3) is 0.100. The van der Waals surface area contributed by atoms with Gasteiger partial charge in [-0.1, -0.05) is 12.1 Å². The van der Waals surface area contributed by atoms with E-state index >= 15 is 0 Å². The molecule has 0 saturated carbocycles. The molecule has 2 rings (SSSR count). The molecule has 1 aromatic heterocycles. The fourth-order valence-corrected chi connectivity index (χ4v) is 1.39. The van der Waals surface area contributed by atoms with Crippen molar-refractivity contribution in [3.05, 3.63) is 35.5 Å². The van der Waals surface area contributed by atoms with E-state index in [9.17, 15) is 4.79 Å². The Balaban J connectivity index is 2.63. The van der Waals surface area contributed by atoms with Gasteiger partial charge in [0.15, 0.2) is 6.29 Å².